The van der Waals surface area contributed by atoms with E-state index < -0.39 is 0 Å². The van der Waals surface area contributed by atoms with Gasteiger partial charge in [0.15, 0.2) is 0 Å². The van der Waals surface area contributed by atoms with Gasteiger partial charge in [-0.3, -0.25) is 0 Å². The van der Waals surface area contributed by atoms with E-state index in [0.717, 1.165) is 13.0 Å². The number of hydrogen-bond donors (Lipinski definition) is 2. The summed E-state index contributed by atoms with van der Waals surface area (Å²) in [6.07, 6.45) is 1.29. The Labute approximate surface area is 98.3 Å². The number of methoxy groups -OCH3 is 1. The molecule has 0 radical (unpaired) electrons. The molecular weight excluding hydrogens is 206 g/mol. The maximum absolute atomic E-state index is 9.26. The second-order valence-corrected chi connectivity index (χ2v) is 4.74. The Balaban J connectivity index is 2.39. The average Bonchev–Trinajstić information content (AvgIpc) is 2.22. The van der Waals surface area contributed by atoms with Gasteiger partial charge < -0.3 is 19.9 Å². The molecule has 4 heteroatoms. The zero-order valence-electron chi connectivity index (χ0n) is 10.8. The molecule has 0 spiro atoms. The van der Waals surface area contributed by atoms with Gasteiger partial charge in [-0.1, -0.05) is 13.8 Å². The predicted molar refractivity (Wildman–Crippen MR) is 63.5 cm³/mol. The fourth-order valence-electron chi connectivity index (χ4n) is 2.17. The van der Waals surface area contributed by atoms with Crippen LogP contribution in [0.15, 0.2) is 0 Å². The molecule has 3 unspecified atom stereocenters. The lowest BCUT2D eigenvalue weighted by Gasteiger charge is -2.45. The van der Waals surface area contributed by atoms with Gasteiger partial charge in [0.25, 0.3) is 0 Å². The zero-order valence-corrected chi connectivity index (χ0v) is 10.8. The fourth-order valence-corrected chi connectivity index (χ4v) is 2.17. The standard InChI is InChI=1S/C12H25NO3/c1-5-16-11-6-9(12(11)15-4)13-10(7-14)8(2)3/h8-14H,5-7H2,1-4H3/t9?,10-,11?,12?/m1/s1. The fraction of sp³-hybridized carbons (Fsp3) is 1.00. The van der Waals surface area contributed by atoms with Gasteiger partial charge in [0.05, 0.1) is 18.8 Å². The highest BCUT2D eigenvalue weighted by Gasteiger charge is 2.42. The molecule has 1 saturated carbocycles. The minimum Gasteiger partial charge on any atom is -0.395 e. The molecule has 0 aromatic carbocycles. The van der Waals surface area contributed by atoms with Crippen LogP contribution in [0.1, 0.15) is 27.2 Å². The largest absolute Gasteiger partial charge is 0.395 e. The van der Waals surface area contributed by atoms with Crippen LogP contribution in [0, 0.1) is 5.92 Å². The van der Waals surface area contributed by atoms with E-state index in [1.54, 1.807) is 7.11 Å². The Bertz CT molecular complexity index is 199. The van der Waals surface area contributed by atoms with Crippen LogP contribution in [0.2, 0.25) is 0 Å². The average molecular weight is 231 g/mol. The van der Waals surface area contributed by atoms with Crippen LogP contribution in [0.5, 0.6) is 0 Å². The van der Waals surface area contributed by atoms with Crippen molar-refractivity contribution in [1.29, 1.82) is 0 Å². The molecule has 4 atom stereocenters. The summed E-state index contributed by atoms with van der Waals surface area (Å²) in [5.74, 6) is 0.425. The molecule has 0 aliphatic heterocycles. The van der Waals surface area contributed by atoms with Crippen molar-refractivity contribution in [1.82, 2.24) is 5.32 Å². The van der Waals surface area contributed by atoms with Crippen LogP contribution in [-0.2, 0) is 9.47 Å². The van der Waals surface area contributed by atoms with E-state index >= 15 is 0 Å². The molecule has 1 rings (SSSR count). The lowest BCUT2D eigenvalue weighted by molar-refractivity contribution is -0.134. The Morgan fingerprint density at radius 2 is 2.12 bits per heavy atom. The van der Waals surface area contributed by atoms with E-state index in [1.165, 1.54) is 0 Å². The third kappa shape index (κ3) is 3.17. The van der Waals surface area contributed by atoms with Crippen molar-refractivity contribution in [3.63, 3.8) is 0 Å². The highest BCUT2D eigenvalue weighted by molar-refractivity contribution is 4.98. The summed E-state index contributed by atoms with van der Waals surface area (Å²) in [6.45, 7) is 7.11. The Kier molecular flexibility index (Phi) is 5.69. The molecule has 0 heterocycles. The normalized spacial score (nSPS) is 31.5. The first-order chi connectivity index (χ1) is 7.63. The molecule has 0 amide bonds. The van der Waals surface area contributed by atoms with Gasteiger partial charge >= 0.3 is 0 Å². The van der Waals surface area contributed by atoms with Crippen molar-refractivity contribution < 1.29 is 14.6 Å². The predicted octanol–water partition coefficient (Wildman–Crippen LogP) is 0.785. The number of hydrogen-bond acceptors (Lipinski definition) is 4. The third-order valence-corrected chi connectivity index (χ3v) is 3.33. The van der Waals surface area contributed by atoms with Crippen molar-refractivity contribution in [2.24, 2.45) is 5.92 Å². The summed E-state index contributed by atoms with van der Waals surface area (Å²) in [6, 6.07) is 0.450. The summed E-state index contributed by atoms with van der Waals surface area (Å²) >= 11 is 0. The summed E-state index contributed by atoms with van der Waals surface area (Å²) < 4.78 is 11.0. The summed E-state index contributed by atoms with van der Waals surface area (Å²) in [7, 11) is 1.72. The number of rotatable bonds is 7. The molecular formula is C12H25NO3. The Morgan fingerprint density at radius 1 is 1.44 bits per heavy atom. The van der Waals surface area contributed by atoms with E-state index in [4.69, 9.17) is 9.47 Å². The van der Waals surface area contributed by atoms with Crippen LogP contribution in [0.4, 0.5) is 0 Å². The highest BCUT2D eigenvalue weighted by Crippen LogP contribution is 2.27. The van der Waals surface area contributed by atoms with Crippen LogP contribution >= 0.6 is 0 Å². The minimum atomic E-state index is 0.118. The molecule has 0 aromatic heterocycles. The van der Waals surface area contributed by atoms with Crippen molar-refractivity contribution in [2.75, 3.05) is 20.3 Å². The maximum Gasteiger partial charge on any atom is 0.0986 e. The Morgan fingerprint density at radius 3 is 2.56 bits per heavy atom. The molecule has 1 aliphatic rings. The van der Waals surface area contributed by atoms with Gasteiger partial charge in [-0.05, 0) is 19.3 Å². The topological polar surface area (TPSA) is 50.7 Å². The van der Waals surface area contributed by atoms with Crippen LogP contribution in [0.25, 0.3) is 0 Å². The molecule has 1 aliphatic carbocycles. The van der Waals surface area contributed by atoms with E-state index in [0.29, 0.717) is 12.0 Å². The summed E-state index contributed by atoms with van der Waals surface area (Å²) in [5.41, 5.74) is 0. The summed E-state index contributed by atoms with van der Waals surface area (Å²) in [4.78, 5) is 0. The minimum absolute atomic E-state index is 0.118. The van der Waals surface area contributed by atoms with Crippen LogP contribution in [0.3, 0.4) is 0 Å². The lowest BCUT2D eigenvalue weighted by Crippen LogP contribution is -2.62. The monoisotopic (exact) mass is 231 g/mol. The lowest BCUT2D eigenvalue weighted by atomic mass is 9.84. The molecule has 96 valence electrons. The maximum atomic E-state index is 9.26. The van der Waals surface area contributed by atoms with Crippen molar-refractivity contribution in [2.45, 2.75) is 51.5 Å². The number of ether oxygens (including phenoxy) is 2. The van der Waals surface area contributed by atoms with Crippen LogP contribution < -0.4 is 5.32 Å². The van der Waals surface area contributed by atoms with Crippen molar-refractivity contribution in [3.05, 3.63) is 0 Å². The van der Waals surface area contributed by atoms with E-state index in [2.05, 4.69) is 19.2 Å². The SMILES string of the molecule is CCOC1CC(N[C@H](CO)C(C)C)C1OC. The molecule has 16 heavy (non-hydrogen) atoms. The molecule has 0 bridgehead atoms. The smallest absolute Gasteiger partial charge is 0.0986 e. The van der Waals surface area contributed by atoms with Crippen molar-refractivity contribution in [3.8, 4) is 0 Å². The van der Waals surface area contributed by atoms with Crippen molar-refractivity contribution >= 4 is 0 Å². The molecule has 4 nitrogen and oxygen atoms in total. The van der Waals surface area contributed by atoms with Gasteiger partial charge in [-0.2, -0.15) is 0 Å². The number of nitrogens with one attached hydrogen (secondary N) is 1. The Hall–Kier alpha value is -0.160. The first kappa shape index (κ1) is 13.9. The summed E-state index contributed by atoms with van der Waals surface area (Å²) in [5, 5.41) is 12.7. The highest BCUT2D eigenvalue weighted by atomic mass is 16.5. The zero-order chi connectivity index (χ0) is 12.1. The number of aliphatic hydroxyl groups is 1. The quantitative estimate of drug-likeness (QED) is 0.680. The van der Waals surface area contributed by atoms with Gasteiger partial charge in [0.1, 0.15) is 0 Å². The molecule has 2 N–H and O–H groups in total. The van der Waals surface area contributed by atoms with Crippen LogP contribution in [-0.4, -0.2) is 49.7 Å². The third-order valence-electron chi connectivity index (χ3n) is 3.33. The van der Waals surface area contributed by atoms with E-state index in [1.807, 2.05) is 6.92 Å². The second-order valence-electron chi connectivity index (χ2n) is 4.74. The first-order valence-electron chi connectivity index (χ1n) is 6.15. The van der Waals surface area contributed by atoms with Gasteiger partial charge in [-0.25, -0.2) is 0 Å². The number of aliphatic hydroxyl groups excluding tert-OH is 1. The van der Waals surface area contributed by atoms with E-state index in [9.17, 15) is 5.11 Å². The second kappa shape index (κ2) is 6.55. The van der Waals surface area contributed by atoms with Gasteiger partial charge in [-0.15, -0.1) is 0 Å². The van der Waals surface area contributed by atoms with Gasteiger partial charge in [0.2, 0.25) is 0 Å². The molecule has 1 fully saturated rings. The first-order valence-corrected chi connectivity index (χ1v) is 6.15. The van der Waals surface area contributed by atoms with Gasteiger partial charge in [0, 0.05) is 25.8 Å². The molecule has 0 saturated heterocycles. The molecule has 0 aromatic rings. The van der Waals surface area contributed by atoms with E-state index in [-0.39, 0.29) is 24.9 Å².